The molecule has 8 heteroatoms. The Hall–Kier alpha value is -2.38. The maximum absolute atomic E-state index is 12.1. The van der Waals surface area contributed by atoms with Gasteiger partial charge in [-0.2, -0.15) is 4.68 Å². The quantitative estimate of drug-likeness (QED) is 0.614. The fraction of sp³-hybridized carbons (Fsp3) is 0.263. The average Bonchev–Trinajstić information content (AvgIpc) is 3.12. The molecule has 6 nitrogen and oxygen atoms in total. The molecule has 0 saturated carbocycles. The number of tetrazole rings is 1. The fourth-order valence-corrected chi connectivity index (χ4v) is 3.39. The second-order valence-electron chi connectivity index (χ2n) is 6.18. The van der Waals surface area contributed by atoms with Crippen molar-refractivity contribution in [1.29, 1.82) is 0 Å². The van der Waals surface area contributed by atoms with Gasteiger partial charge >= 0.3 is 0 Å². The zero-order chi connectivity index (χ0) is 19.2. The molecule has 0 bridgehead atoms. The lowest BCUT2D eigenvalue weighted by Crippen LogP contribution is -2.27. The summed E-state index contributed by atoms with van der Waals surface area (Å²) >= 11 is 7.19. The summed E-state index contributed by atoms with van der Waals surface area (Å²) in [7, 11) is 0. The molecule has 0 aliphatic carbocycles. The monoisotopic (exact) mass is 401 g/mol. The predicted molar refractivity (Wildman–Crippen MR) is 108 cm³/mol. The number of benzene rings is 2. The summed E-state index contributed by atoms with van der Waals surface area (Å²) in [4.78, 5) is 12.1. The van der Waals surface area contributed by atoms with E-state index < -0.39 is 0 Å². The number of carbonyl (C=O) groups is 1. The van der Waals surface area contributed by atoms with E-state index >= 15 is 0 Å². The minimum Gasteiger partial charge on any atom is -0.355 e. The number of aromatic nitrogens is 4. The molecule has 1 amide bonds. The van der Waals surface area contributed by atoms with Crippen LogP contribution in [0.4, 0.5) is 0 Å². The van der Waals surface area contributed by atoms with Crippen LogP contribution in [0.2, 0.25) is 5.02 Å². The molecular weight excluding hydrogens is 382 g/mol. The van der Waals surface area contributed by atoms with E-state index in [1.54, 1.807) is 4.68 Å². The van der Waals surface area contributed by atoms with Gasteiger partial charge in [0.25, 0.3) is 0 Å². The lowest BCUT2D eigenvalue weighted by Gasteiger charge is -2.09. The van der Waals surface area contributed by atoms with Crippen molar-refractivity contribution in [2.45, 2.75) is 25.4 Å². The minimum atomic E-state index is -0.0514. The van der Waals surface area contributed by atoms with Crippen LogP contribution < -0.4 is 5.32 Å². The van der Waals surface area contributed by atoms with E-state index in [0.717, 1.165) is 28.8 Å². The third kappa shape index (κ3) is 5.30. The molecule has 2 aromatic carbocycles. The molecule has 3 aromatic rings. The zero-order valence-electron chi connectivity index (χ0n) is 15.1. The highest BCUT2D eigenvalue weighted by atomic mass is 35.5. The van der Waals surface area contributed by atoms with Crippen LogP contribution in [0.3, 0.4) is 0 Å². The third-order valence-electron chi connectivity index (χ3n) is 4.02. The number of aryl methyl sites for hydroxylation is 2. The van der Waals surface area contributed by atoms with E-state index in [-0.39, 0.29) is 11.7 Å². The number of nitrogens with one attached hydrogen (secondary N) is 1. The summed E-state index contributed by atoms with van der Waals surface area (Å²) in [5, 5.41) is 16.1. The normalized spacial score (nSPS) is 10.8. The molecule has 0 atom stereocenters. The molecule has 0 unspecified atom stereocenters. The maximum Gasteiger partial charge on any atom is 0.230 e. The minimum absolute atomic E-state index is 0.0514. The lowest BCUT2D eigenvalue weighted by atomic mass is 10.1. The maximum atomic E-state index is 12.1. The van der Waals surface area contributed by atoms with Crippen molar-refractivity contribution in [3.05, 3.63) is 64.2 Å². The van der Waals surface area contributed by atoms with Crippen molar-refractivity contribution in [3.63, 3.8) is 0 Å². The topological polar surface area (TPSA) is 72.7 Å². The Morgan fingerprint density at radius 2 is 1.96 bits per heavy atom. The molecule has 1 heterocycles. The number of hydrogen-bond acceptors (Lipinski definition) is 5. The molecule has 140 valence electrons. The highest BCUT2D eigenvalue weighted by molar-refractivity contribution is 7.99. The van der Waals surface area contributed by atoms with E-state index in [1.165, 1.54) is 11.8 Å². The van der Waals surface area contributed by atoms with Crippen LogP contribution in [0, 0.1) is 13.8 Å². The molecule has 0 radical (unpaired) electrons. The van der Waals surface area contributed by atoms with Crippen LogP contribution in [-0.2, 0) is 11.2 Å². The van der Waals surface area contributed by atoms with E-state index in [4.69, 9.17) is 11.6 Å². The number of nitrogens with zero attached hydrogens (tertiary/aromatic N) is 4. The Balaban J connectivity index is 1.53. The number of carbonyl (C=O) groups excluding carboxylic acids is 1. The van der Waals surface area contributed by atoms with Crippen LogP contribution >= 0.6 is 23.4 Å². The Morgan fingerprint density at radius 3 is 2.74 bits per heavy atom. The molecule has 27 heavy (non-hydrogen) atoms. The van der Waals surface area contributed by atoms with Gasteiger partial charge in [0.1, 0.15) is 0 Å². The summed E-state index contributed by atoms with van der Waals surface area (Å²) in [5.74, 6) is 0.204. The van der Waals surface area contributed by atoms with Gasteiger partial charge in [-0.25, -0.2) is 0 Å². The predicted octanol–water partition coefficient (Wildman–Crippen LogP) is 3.38. The van der Waals surface area contributed by atoms with Crippen LogP contribution in [0.5, 0.6) is 0 Å². The molecule has 0 spiro atoms. The first-order chi connectivity index (χ1) is 13.0. The smallest absolute Gasteiger partial charge is 0.230 e. The first kappa shape index (κ1) is 19.4. The van der Waals surface area contributed by atoms with Crippen molar-refractivity contribution in [2.75, 3.05) is 12.3 Å². The molecule has 0 aliphatic heterocycles. The fourth-order valence-electron chi connectivity index (χ4n) is 2.55. The second kappa shape index (κ2) is 9.01. The van der Waals surface area contributed by atoms with Gasteiger partial charge < -0.3 is 5.32 Å². The molecule has 1 aromatic heterocycles. The van der Waals surface area contributed by atoms with Crippen molar-refractivity contribution >= 4 is 29.3 Å². The zero-order valence-corrected chi connectivity index (χ0v) is 16.7. The van der Waals surface area contributed by atoms with Gasteiger partial charge in [0.2, 0.25) is 11.1 Å². The first-order valence-electron chi connectivity index (χ1n) is 8.53. The van der Waals surface area contributed by atoms with Crippen LogP contribution in [-0.4, -0.2) is 38.4 Å². The standard InChI is InChI=1S/C19H20ClN5OS/c1-13-3-4-14(2)17(11-13)25-19(22-23-24-25)27-12-18(26)21-10-9-15-5-7-16(20)8-6-15/h3-8,11H,9-10,12H2,1-2H3,(H,21,26). The van der Waals surface area contributed by atoms with Gasteiger partial charge in [-0.15, -0.1) is 5.10 Å². The van der Waals surface area contributed by atoms with Gasteiger partial charge in [-0.3, -0.25) is 4.79 Å². The van der Waals surface area contributed by atoms with Crippen molar-refractivity contribution in [2.24, 2.45) is 0 Å². The highest BCUT2D eigenvalue weighted by Crippen LogP contribution is 2.21. The molecule has 3 rings (SSSR count). The third-order valence-corrected chi connectivity index (χ3v) is 5.19. The van der Waals surface area contributed by atoms with Crippen molar-refractivity contribution in [1.82, 2.24) is 25.5 Å². The Labute approximate surface area is 167 Å². The molecule has 0 saturated heterocycles. The Bertz CT molecular complexity index is 926. The van der Waals surface area contributed by atoms with Gasteiger partial charge in [-0.1, -0.05) is 47.6 Å². The van der Waals surface area contributed by atoms with Crippen LogP contribution in [0.1, 0.15) is 16.7 Å². The number of thioether (sulfide) groups is 1. The van der Waals surface area contributed by atoms with Crippen LogP contribution in [0.25, 0.3) is 5.69 Å². The van der Waals surface area contributed by atoms with Crippen LogP contribution in [0.15, 0.2) is 47.6 Å². The second-order valence-corrected chi connectivity index (χ2v) is 7.56. The summed E-state index contributed by atoms with van der Waals surface area (Å²) in [5.41, 5.74) is 4.25. The summed E-state index contributed by atoms with van der Waals surface area (Å²) in [6, 6.07) is 13.7. The highest BCUT2D eigenvalue weighted by Gasteiger charge is 2.13. The number of amides is 1. The lowest BCUT2D eigenvalue weighted by molar-refractivity contribution is -0.118. The van der Waals surface area contributed by atoms with E-state index in [2.05, 4.69) is 20.8 Å². The van der Waals surface area contributed by atoms with Crippen molar-refractivity contribution in [3.8, 4) is 5.69 Å². The van der Waals surface area contributed by atoms with Crippen molar-refractivity contribution < 1.29 is 4.79 Å². The van der Waals surface area contributed by atoms with Gasteiger partial charge in [0.05, 0.1) is 11.4 Å². The number of rotatable bonds is 7. The van der Waals surface area contributed by atoms with Gasteiger partial charge in [0.15, 0.2) is 0 Å². The largest absolute Gasteiger partial charge is 0.355 e. The van der Waals surface area contributed by atoms with E-state index in [9.17, 15) is 4.79 Å². The summed E-state index contributed by atoms with van der Waals surface area (Å²) in [6.45, 7) is 4.60. The van der Waals surface area contributed by atoms with E-state index in [0.29, 0.717) is 16.7 Å². The number of halogens is 1. The molecular formula is C19H20ClN5OS. The molecule has 0 aliphatic rings. The van der Waals surface area contributed by atoms with Gasteiger partial charge in [-0.05, 0) is 65.6 Å². The average molecular weight is 402 g/mol. The SMILES string of the molecule is Cc1ccc(C)c(-n2nnnc2SCC(=O)NCCc2ccc(Cl)cc2)c1. The van der Waals surface area contributed by atoms with Gasteiger partial charge in [0, 0.05) is 11.6 Å². The summed E-state index contributed by atoms with van der Waals surface area (Å²) in [6.07, 6.45) is 0.758. The molecule has 1 N–H and O–H groups in total. The first-order valence-corrected chi connectivity index (χ1v) is 9.89. The Kier molecular flexibility index (Phi) is 6.47. The molecule has 0 fully saturated rings. The number of hydrogen-bond donors (Lipinski definition) is 1. The summed E-state index contributed by atoms with van der Waals surface area (Å²) < 4.78 is 1.67. The van der Waals surface area contributed by atoms with E-state index in [1.807, 2.05) is 56.3 Å². The Morgan fingerprint density at radius 1 is 1.19 bits per heavy atom.